The molecule has 0 saturated carbocycles. The topological polar surface area (TPSA) is 93.3 Å². The Hall–Kier alpha value is -2.15. The Balaban J connectivity index is 2.45. The number of hydrogen-bond donors (Lipinski definition) is 1. The van der Waals surface area contributed by atoms with Crippen LogP contribution in [0.1, 0.15) is 5.69 Å². The summed E-state index contributed by atoms with van der Waals surface area (Å²) in [6, 6.07) is 3.14. The van der Waals surface area contributed by atoms with Gasteiger partial charge in [0.25, 0.3) is 0 Å². The quantitative estimate of drug-likeness (QED) is 0.769. The molecule has 0 bridgehead atoms. The molecule has 0 unspecified atom stereocenters. The minimum Gasteiger partial charge on any atom is -0.390 e. The number of aryl methyl sites for hydroxylation is 1. The molecule has 7 nitrogen and oxygen atoms in total. The highest BCUT2D eigenvalue weighted by atomic mass is 16.3. The second-order valence-electron chi connectivity index (χ2n) is 3.16. The van der Waals surface area contributed by atoms with E-state index in [1.165, 1.54) is 16.9 Å². The van der Waals surface area contributed by atoms with Gasteiger partial charge in [-0.2, -0.15) is 0 Å². The van der Waals surface area contributed by atoms with Crippen molar-refractivity contribution in [1.29, 1.82) is 0 Å². The predicted molar refractivity (Wildman–Crippen MR) is 55.6 cm³/mol. The highest BCUT2D eigenvalue weighted by Gasteiger charge is 2.12. The molecule has 2 aromatic rings. The van der Waals surface area contributed by atoms with Gasteiger partial charge in [-0.3, -0.25) is 4.98 Å². The third-order valence-electron chi connectivity index (χ3n) is 2.19. The zero-order valence-corrected chi connectivity index (χ0v) is 8.53. The molecule has 16 heavy (non-hydrogen) atoms. The number of nitrogens with zero attached hydrogens (tertiary/aromatic N) is 5. The molecule has 82 valence electrons. The Morgan fingerprint density at radius 1 is 1.50 bits per heavy atom. The maximum Gasteiger partial charge on any atom is 0.136 e. The third-order valence-corrected chi connectivity index (χ3v) is 2.19. The molecule has 7 heteroatoms. The first-order valence-electron chi connectivity index (χ1n) is 4.55. The van der Waals surface area contributed by atoms with Crippen molar-refractivity contribution in [1.82, 2.24) is 20.0 Å². The first-order chi connectivity index (χ1) is 7.76. The molecule has 0 aromatic carbocycles. The van der Waals surface area contributed by atoms with E-state index in [1.54, 1.807) is 13.1 Å². The second-order valence-corrected chi connectivity index (χ2v) is 3.16. The molecule has 0 aliphatic heterocycles. The minimum absolute atomic E-state index is 0.172. The molecule has 2 rings (SSSR count). The molecule has 0 aliphatic carbocycles. The smallest absolute Gasteiger partial charge is 0.136 e. The Labute approximate surface area is 90.7 Å². The van der Waals surface area contributed by atoms with Gasteiger partial charge in [-0.1, -0.05) is 5.21 Å². The third kappa shape index (κ3) is 1.68. The van der Waals surface area contributed by atoms with Crippen LogP contribution in [0.15, 0.2) is 23.5 Å². The van der Waals surface area contributed by atoms with Crippen LogP contribution in [0.2, 0.25) is 0 Å². The van der Waals surface area contributed by atoms with Gasteiger partial charge in [0.15, 0.2) is 0 Å². The second kappa shape index (κ2) is 4.15. The monoisotopic (exact) mass is 219 g/mol. The maximum atomic E-state index is 10.2. The van der Waals surface area contributed by atoms with Crippen LogP contribution in [0.3, 0.4) is 0 Å². The van der Waals surface area contributed by atoms with Gasteiger partial charge in [0.05, 0.1) is 24.2 Å². The molecular formula is C9H9N5O2. The number of aliphatic hydroxyl groups is 1. The van der Waals surface area contributed by atoms with E-state index in [-0.39, 0.29) is 12.3 Å². The number of aliphatic hydroxyl groups excluding tert-OH is 1. The molecule has 0 radical (unpaired) electrons. The van der Waals surface area contributed by atoms with Crippen molar-refractivity contribution in [2.75, 3.05) is 0 Å². The fraction of sp³-hybridized carbons (Fsp3) is 0.222. The van der Waals surface area contributed by atoms with Crippen molar-refractivity contribution >= 4 is 5.69 Å². The maximum absolute atomic E-state index is 10.2. The van der Waals surface area contributed by atoms with E-state index < -0.39 is 0 Å². The number of hydrogen-bond acceptors (Lipinski definition) is 6. The van der Waals surface area contributed by atoms with Crippen LogP contribution in [-0.4, -0.2) is 25.1 Å². The fourth-order valence-electron chi connectivity index (χ4n) is 1.33. The van der Waals surface area contributed by atoms with E-state index in [9.17, 15) is 4.91 Å². The van der Waals surface area contributed by atoms with Crippen LogP contribution in [0, 0.1) is 4.91 Å². The number of aromatic nitrogens is 4. The highest BCUT2D eigenvalue weighted by Crippen LogP contribution is 2.20. The van der Waals surface area contributed by atoms with Gasteiger partial charge in [0.1, 0.15) is 11.4 Å². The summed E-state index contributed by atoms with van der Waals surface area (Å²) in [7, 11) is 1.68. The average Bonchev–Trinajstić information content (AvgIpc) is 2.70. The van der Waals surface area contributed by atoms with Crippen LogP contribution in [0.5, 0.6) is 0 Å². The summed E-state index contributed by atoms with van der Waals surface area (Å²) in [5, 5.41) is 19.6. The Morgan fingerprint density at radius 3 is 2.88 bits per heavy atom. The van der Waals surface area contributed by atoms with Crippen LogP contribution in [0.4, 0.5) is 5.69 Å². The molecule has 2 heterocycles. The molecule has 0 spiro atoms. The largest absolute Gasteiger partial charge is 0.390 e. The van der Waals surface area contributed by atoms with Crippen LogP contribution >= 0.6 is 0 Å². The van der Waals surface area contributed by atoms with E-state index in [1.807, 2.05) is 0 Å². The van der Waals surface area contributed by atoms with Crippen LogP contribution in [0.25, 0.3) is 11.4 Å². The first-order valence-corrected chi connectivity index (χ1v) is 4.55. The lowest BCUT2D eigenvalue weighted by molar-refractivity contribution is 0.271. The van der Waals surface area contributed by atoms with Crippen molar-refractivity contribution in [3.8, 4) is 11.4 Å². The summed E-state index contributed by atoms with van der Waals surface area (Å²) in [5.74, 6) is 0. The van der Waals surface area contributed by atoms with Crippen molar-refractivity contribution < 1.29 is 5.11 Å². The lowest BCUT2D eigenvalue weighted by Gasteiger charge is -1.99. The van der Waals surface area contributed by atoms with E-state index in [0.717, 1.165) is 0 Å². The summed E-state index contributed by atoms with van der Waals surface area (Å²) in [4.78, 5) is 14.2. The Bertz CT molecular complexity index is 505. The standard InChI is InChI=1S/C9H9N5O2/c1-14-8(5-15)9(11-13-14)7-3-2-6(12-16)4-10-7/h2-4,15H,5H2,1H3. The zero-order valence-electron chi connectivity index (χ0n) is 8.53. The normalized spacial score (nSPS) is 10.4. The number of nitroso groups, excluding NO2 is 1. The molecule has 0 saturated heterocycles. The summed E-state index contributed by atoms with van der Waals surface area (Å²) >= 11 is 0. The van der Waals surface area contributed by atoms with Gasteiger partial charge >= 0.3 is 0 Å². The van der Waals surface area contributed by atoms with Crippen molar-refractivity contribution in [2.24, 2.45) is 12.2 Å². The first kappa shape index (κ1) is 10.4. The molecular weight excluding hydrogens is 210 g/mol. The van der Waals surface area contributed by atoms with E-state index in [0.29, 0.717) is 17.1 Å². The molecule has 0 atom stereocenters. The lowest BCUT2D eigenvalue weighted by Crippen LogP contribution is -1.98. The molecule has 1 N–H and O–H groups in total. The SMILES string of the molecule is Cn1nnc(-c2ccc(N=O)cn2)c1CO. The average molecular weight is 219 g/mol. The minimum atomic E-state index is -0.172. The van der Waals surface area contributed by atoms with Crippen molar-refractivity contribution in [3.63, 3.8) is 0 Å². The number of rotatable bonds is 3. The molecule has 2 aromatic heterocycles. The zero-order chi connectivity index (χ0) is 11.5. The molecule has 0 amide bonds. The van der Waals surface area contributed by atoms with Crippen molar-refractivity contribution in [2.45, 2.75) is 6.61 Å². The van der Waals surface area contributed by atoms with Gasteiger partial charge in [-0.25, -0.2) is 4.68 Å². The highest BCUT2D eigenvalue weighted by molar-refractivity contribution is 5.58. The predicted octanol–water partition coefficient (Wildman–Crippen LogP) is 0.767. The van der Waals surface area contributed by atoms with Crippen LogP contribution in [-0.2, 0) is 13.7 Å². The summed E-state index contributed by atoms with van der Waals surface area (Å²) in [5.41, 5.74) is 1.87. The number of pyridine rings is 1. The van der Waals surface area contributed by atoms with Crippen molar-refractivity contribution in [3.05, 3.63) is 28.9 Å². The van der Waals surface area contributed by atoms with E-state index in [4.69, 9.17) is 5.11 Å². The van der Waals surface area contributed by atoms with Gasteiger partial charge in [-0.15, -0.1) is 10.0 Å². The van der Waals surface area contributed by atoms with Crippen LogP contribution < -0.4 is 0 Å². The summed E-state index contributed by atoms with van der Waals surface area (Å²) < 4.78 is 1.48. The fourth-order valence-corrected chi connectivity index (χ4v) is 1.33. The van der Waals surface area contributed by atoms with Gasteiger partial charge < -0.3 is 5.11 Å². The van der Waals surface area contributed by atoms with E-state index >= 15 is 0 Å². The summed E-state index contributed by atoms with van der Waals surface area (Å²) in [6.07, 6.45) is 1.35. The van der Waals surface area contributed by atoms with E-state index in [2.05, 4.69) is 20.5 Å². The lowest BCUT2D eigenvalue weighted by atomic mass is 10.2. The Kier molecular flexibility index (Phi) is 2.69. The molecule has 0 fully saturated rings. The molecule has 0 aliphatic rings. The Morgan fingerprint density at radius 2 is 2.31 bits per heavy atom. The van der Waals surface area contributed by atoms with Gasteiger partial charge in [-0.05, 0) is 17.3 Å². The van der Waals surface area contributed by atoms with Gasteiger partial charge in [0, 0.05) is 7.05 Å². The summed E-state index contributed by atoms with van der Waals surface area (Å²) in [6.45, 7) is -0.172. The van der Waals surface area contributed by atoms with Gasteiger partial charge in [0.2, 0.25) is 0 Å².